The number of allylic oxidation sites excluding steroid dienone is 2. The Bertz CT molecular complexity index is 959. The Morgan fingerprint density at radius 1 is 0.848 bits per heavy atom. The zero-order valence-electron chi connectivity index (χ0n) is 19.4. The molecule has 2 saturated heterocycles. The van der Waals surface area contributed by atoms with Gasteiger partial charge in [0.05, 0.1) is 18.9 Å². The van der Waals surface area contributed by atoms with Crippen molar-refractivity contribution in [2.75, 3.05) is 33.3 Å². The molecule has 2 heterocycles. The third kappa shape index (κ3) is 4.72. The number of methoxy groups -OCH3 is 1. The lowest BCUT2D eigenvalue weighted by Crippen LogP contribution is -2.46. The third-order valence-electron chi connectivity index (χ3n) is 7.65. The normalized spacial score (nSPS) is 24.1. The fraction of sp³-hybridized carbons (Fsp3) is 0.538. The Labute approximate surface area is 194 Å². The molecule has 0 radical (unpaired) electrons. The molecule has 1 aromatic carbocycles. The summed E-state index contributed by atoms with van der Waals surface area (Å²) in [5, 5.41) is 0. The van der Waals surface area contributed by atoms with Gasteiger partial charge in [0, 0.05) is 37.3 Å². The number of carbonyl (C=O) groups excluding carboxylic acids is 4. The summed E-state index contributed by atoms with van der Waals surface area (Å²) in [5.41, 5.74) is 1.23. The Balaban J connectivity index is 1.35. The SMILES string of the molecule is COC(=O)[C@H]1CC=CC[C@H]1C(=O)N1CCC2(CCN(C(=O)c3ccc(C(C)=O)cc3)CC2)C1. The summed E-state index contributed by atoms with van der Waals surface area (Å²) in [6.07, 6.45) is 7.72. The first-order valence-electron chi connectivity index (χ1n) is 11.8. The van der Waals surface area contributed by atoms with Crippen LogP contribution in [0.15, 0.2) is 36.4 Å². The van der Waals surface area contributed by atoms with Crippen molar-refractivity contribution in [2.24, 2.45) is 17.3 Å². The van der Waals surface area contributed by atoms with E-state index in [1.54, 1.807) is 24.3 Å². The lowest BCUT2D eigenvalue weighted by molar-refractivity contribution is -0.153. The van der Waals surface area contributed by atoms with Crippen LogP contribution in [0.1, 0.15) is 59.7 Å². The lowest BCUT2D eigenvalue weighted by atomic mass is 9.77. The number of ether oxygens (including phenoxy) is 1. The van der Waals surface area contributed by atoms with Crippen LogP contribution in [0.4, 0.5) is 0 Å². The molecule has 7 heteroatoms. The van der Waals surface area contributed by atoms with Crippen LogP contribution < -0.4 is 0 Å². The van der Waals surface area contributed by atoms with Crippen LogP contribution in [0, 0.1) is 17.3 Å². The molecule has 0 bridgehead atoms. The van der Waals surface area contributed by atoms with Crippen LogP contribution >= 0.6 is 0 Å². The van der Waals surface area contributed by atoms with Gasteiger partial charge in [-0.25, -0.2) is 0 Å². The average molecular weight is 453 g/mol. The molecule has 176 valence electrons. The van der Waals surface area contributed by atoms with Crippen LogP contribution in [-0.2, 0) is 14.3 Å². The topological polar surface area (TPSA) is 84.0 Å². The summed E-state index contributed by atoms with van der Waals surface area (Å²) < 4.78 is 4.93. The molecule has 0 aromatic heterocycles. The van der Waals surface area contributed by atoms with Crippen molar-refractivity contribution in [1.29, 1.82) is 0 Å². The Morgan fingerprint density at radius 2 is 1.39 bits per heavy atom. The zero-order valence-corrected chi connectivity index (χ0v) is 19.4. The van der Waals surface area contributed by atoms with E-state index in [9.17, 15) is 19.2 Å². The van der Waals surface area contributed by atoms with Gasteiger partial charge in [-0.05, 0) is 56.6 Å². The van der Waals surface area contributed by atoms with Gasteiger partial charge < -0.3 is 14.5 Å². The summed E-state index contributed by atoms with van der Waals surface area (Å²) >= 11 is 0. The Morgan fingerprint density at radius 3 is 1.97 bits per heavy atom. The summed E-state index contributed by atoms with van der Waals surface area (Å²) in [5.74, 6) is -1.04. The molecule has 3 aliphatic rings. The minimum atomic E-state index is -0.405. The summed E-state index contributed by atoms with van der Waals surface area (Å²) in [7, 11) is 1.37. The highest BCUT2D eigenvalue weighted by Gasteiger charge is 2.45. The first-order chi connectivity index (χ1) is 15.8. The molecule has 2 fully saturated rings. The predicted molar refractivity (Wildman–Crippen MR) is 123 cm³/mol. The van der Waals surface area contributed by atoms with Crippen LogP contribution in [0.5, 0.6) is 0 Å². The molecule has 2 atom stereocenters. The van der Waals surface area contributed by atoms with Gasteiger partial charge in [-0.2, -0.15) is 0 Å². The smallest absolute Gasteiger partial charge is 0.309 e. The number of carbonyl (C=O) groups is 4. The van der Waals surface area contributed by atoms with E-state index in [-0.39, 0.29) is 34.9 Å². The van der Waals surface area contributed by atoms with Gasteiger partial charge >= 0.3 is 5.97 Å². The predicted octanol–water partition coefficient (Wildman–Crippen LogP) is 3.10. The van der Waals surface area contributed by atoms with Crippen molar-refractivity contribution in [3.05, 3.63) is 47.5 Å². The average Bonchev–Trinajstić information content (AvgIpc) is 3.26. The molecule has 7 nitrogen and oxygen atoms in total. The lowest BCUT2D eigenvalue weighted by Gasteiger charge is -2.39. The maximum Gasteiger partial charge on any atom is 0.309 e. The number of hydrogen-bond donors (Lipinski definition) is 0. The molecule has 1 aromatic rings. The number of hydrogen-bond acceptors (Lipinski definition) is 5. The van der Waals surface area contributed by atoms with Crippen molar-refractivity contribution in [3.8, 4) is 0 Å². The highest BCUT2D eigenvalue weighted by atomic mass is 16.5. The van der Waals surface area contributed by atoms with Crippen molar-refractivity contribution >= 4 is 23.6 Å². The van der Waals surface area contributed by atoms with E-state index in [4.69, 9.17) is 4.74 Å². The van der Waals surface area contributed by atoms with Gasteiger partial charge in [0.25, 0.3) is 5.91 Å². The minimum absolute atomic E-state index is 0.0132. The maximum absolute atomic E-state index is 13.3. The van der Waals surface area contributed by atoms with Gasteiger partial charge in [-0.3, -0.25) is 19.2 Å². The molecule has 1 spiro atoms. The number of benzene rings is 1. The first kappa shape index (κ1) is 23.2. The van der Waals surface area contributed by atoms with E-state index in [0.717, 1.165) is 19.3 Å². The van der Waals surface area contributed by atoms with Gasteiger partial charge in [-0.1, -0.05) is 24.3 Å². The van der Waals surface area contributed by atoms with Crippen LogP contribution in [0.2, 0.25) is 0 Å². The second-order valence-corrected chi connectivity index (χ2v) is 9.61. The van der Waals surface area contributed by atoms with Crippen LogP contribution in [0.25, 0.3) is 0 Å². The van der Waals surface area contributed by atoms with Crippen molar-refractivity contribution in [3.63, 3.8) is 0 Å². The summed E-state index contributed by atoms with van der Waals surface area (Å²) in [6.45, 7) is 4.22. The Hall–Kier alpha value is -2.96. The number of amides is 2. The second-order valence-electron chi connectivity index (χ2n) is 9.61. The summed E-state index contributed by atoms with van der Waals surface area (Å²) in [6, 6.07) is 6.83. The number of Topliss-reactive ketones (excluding diaryl/α,β-unsaturated/α-hetero) is 1. The molecular formula is C26H32N2O5. The summed E-state index contributed by atoms with van der Waals surface area (Å²) in [4.78, 5) is 53.6. The fourth-order valence-electron chi connectivity index (χ4n) is 5.48. The number of likely N-dealkylation sites (tertiary alicyclic amines) is 2. The van der Waals surface area contributed by atoms with Crippen molar-refractivity contribution in [2.45, 2.75) is 39.0 Å². The van der Waals surface area contributed by atoms with Crippen LogP contribution in [0.3, 0.4) is 0 Å². The molecule has 1 aliphatic carbocycles. The van der Waals surface area contributed by atoms with Crippen LogP contribution in [-0.4, -0.2) is 66.7 Å². The zero-order chi connectivity index (χ0) is 23.6. The number of rotatable bonds is 4. The number of piperidine rings is 1. The maximum atomic E-state index is 13.3. The van der Waals surface area contributed by atoms with E-state index in [1.807, 2.05) is 22.0 Å². The monoisotopic (exact) mass is 452 g/mol. The van der Waals surface area contributed by atoms with E-state index in [2.05, 4.69) is 0 Å². The van der Waals surface area contributed by atoms with Crippen molar-refractivity contribution in [1.82, 2.24) is 9.80 Å². The molecular weight excluding hydrogens is 420 g/mol. The number of ketones is 1. The quantitative estimate of drug-likeness (QED) is 0.398. The number of nitrogens with zero attached hydrogens (tertiary/aromatic N) is 2. The molecule has 0 N–H and O–H groups in total. The number of esters is 1. The van der Waals surface area contributed by atoms with Gasteiger partial charge in [0.2, 0.25) is 5.91 Å². The first-order valence-corrected chi connectivity index (χ1v) is 11.8. The van der Waals surface area contributed by atoms with E-state index in [1.165, 1.54) is 14.0 Å². The molecule has 0 saturated carbocycles. The molecule has 2 amide bonds. The third-order valence-corrected chi connectivity index (χ3v) is 7.65. The minimum Gasteiger partial charge on any atom is -0.469 e. The molecule has 0 unspecified atom stereocenters. The molecule has 4 rings (SSSR count). The van der Waals surface area contributed by atoms with E-state index < -0.39 is 5.92 Å². The van der Waals surface area contributed by atoms with Crippen molar-refractivity contribution < 1.29 is 23.9 Å². The van der Waals surface area contributed by atoms with Gasteiger partial charge in [0.15, 0.2) is 5.78 Å². The molecule has 33 heavy (non-hydrogen) atoms. The second kappa shape index (κ2) is 9.49. The Kier molecular flexibility index (Phi) is 6.68. The molecule has 2 aliphatic heterocycles. The highest BCUT2D eigenvalue weighted by molar-refractivity contribution is 5.97. The van der Waals surface area contributed by atoms with Gasteiger partial charge in [-0.15, -0.1) is 0 Å². The van der Waals surface area contributed by atoms with Gasteiger partial charge in [0.1, 0.15) is 0 Å². The standard InChI is InChI=1S/C26H32N2O5/c1-18(29)19-7-9-20(10-8-19)23(30)27-14-11-26(12-15-27)13-16-28(17-26)24(31)21-5-3-4-6-22(21)25(32)33-2/h3-4,7-10,21-22H,5-6,11-17H2,1-2H3/t21-,22+/m1/s1. The fourth-order valence-corrected chi connectivity index (χ4v) is 5.48. The van der Waals surface area contributed by atoms with E-state index in [0.29, 0.717) is 50.1 Å². The van der Waals surface area contributed by atoms with E-state index >= 15 is 0 Å². The largest absolute Gasteiger partial charge is 0.469 e. The highest BCUT2D eigenvalue weighted by Crippen LogP contribution is 2.42.